The average Bonchev–Trinajstić information content (AvgIpc) is 2.77. The first-order valence-electron chi connectivity index (χ1n) is 5.64. The molecule has 0 spiro atoms. The number of nitrogens with zero attached hydrogens (tertiary/aromatic N) is 2. The molecule has 1 amide bonds. The van der Waals surface area contributed by atoms with Gasteiger partial charge < -0.3 is 10.0 Å². The number of aliphatic hydroxyl groups excluding tert-OH is 1. The third-order valence-corrected chi connectivity index (χ3v) is 3.98. The van der Waals surface area contributed by atoms with Crippen LogP contribution in [-0.2, 0) is 17.8 Å². The summed E-state index contributed by atoms with van der Waals surface area (Å²) in [4.78, 5) is 14.7. The van der Waals surface area contributed by atoms with Crippen LogP contribution in [0.15, 0.2) is 5.38 Å². The Hall–Kier alpha value is -1.38. The topological polar surface area (TPSA) is 64.3 Å². The molecule has 0 unspecified atom stereocenters. The summed E-state index contributed by atoms with van der Waals surface area (Å²) in [6, 6.07) is 2.19. The van der Waals surface area contributed by atoms with E-state index in [-0.39, 0.29) is 12.5 Å². The van der Waals surface area contributed by atoms with Crippen LogP contribution < -0.4 is 0 Å². The second-order valence-electron chi connectivity index (χ2n) is 4.06. The molecule has 1 aromatic heterocycles. The number of nitriles is 1. The molecule has 5 heteroatoms. The predicted molar refractivity (Wildman–Crippen MR) is 64.5 cm³/mol. The van der Waals surface area contributed by atoms with E-state index in [1.54, 1.807) is 11.3 Å². The van der Waals surface area contributed by atoms with Gasteiger partial charge in [-0.1, -0.05) is 0 Å². The third kappa shape index (κ3) is 2.48. The summed E-state index contributed by atoms with van der Waals surface area (Å²) in [5, 5.41) is 19.5. The number of carbonyl (C=O) groups is 1. The summed E-state index contributed by atoms with van der Waals surface area (Å²) in [5.74, 6) is 0.0941. The highest BCUT2D eigenvalue weighted by atomic mass is 32.1. The molecule has 4 nitrogen and oxygen atoms in total. The fourth-order valence-electron chi connectivity index (χ4n) is 2.02. The molecular formula is C12H14N2O2S. The van der Waals surface area contributed by atoms with Gasteiger partial charge in [0.2, 0.25) is 5.91 Å². The van der Waals surface area contributed by atoms with E-state index in [1.165, 1.54) is 0 Å². The molecule has 0 aromatic carbocycles. The lowest BCUT2D eigenvalue weighted by atomic mass is 10.0. The highest BCUT2D eigenvalue weighted by molar-refractivity contribution is 7.10. The van der Waals surface area contributed by atoms with Gasteiger partial charge in [0, 0.05) is 29.8 Å². The molecule has 90 valence electrons. The molecule has 1 aliphatic rings. The number of amides is 1. The minimum atomic E-state index is 0.0579. The van der Waals surface area contributed by atoms with Crippen molar-refractivity contribution in [1.29, 1.82) is 5.26 Å². The minimum Gasteiger partial charge on any atom is -0.396 e. The maximum Gasteiger partial charge on any atom is 0.222 e. The lowest BCUT2D eigenvalue weighted by Crippen LogP contribution is -2.35. The highest BCUT2D eigenvalue weighted by Crippen LogP contribution is 2.28. The van der Waals surface area contributed by atoms with Gasteiger partial charge in [0.15, 0.2) is 0 Å². The van der Waals surface area contributed by atoms with Crippen LogP contribution in [0.3, 0.4) is 0 Å². The molecule has 2 heterocycles. The van der Waals surface area contributed by atoms with Gasteiger partial charge in [-0.05, 0) is 18.4 Å². The van der Waals surface area contributed by atoms with Gasteiger partial charge >= 0.3 is 0 Å². The molecule has 0 radical (unpaired) electrons. The summed E-state index contributed by atoms with van der Waals surface area (Å²) in [5.41, 5.74) is 1.87. The lowest BCUT2D eigenvalue weighted by molar-refractivity contribution is -0.132. The Labute approximate surface area is 104 Å². The first-order valence-corrected chi connectivity index (χ1v) is 6.52. The van der Waals surface area contributed by atoms with Crippen LogP contribution in [0.5, 0.6) is 0 Å². The van der Waals surface area contributed by atoms with E-state index in [0.29, 0.717) is 25.9 Å². The van der Waals surface area contributed by atoms with Crippen LogP contribution >= 0.6 is 11.3 Å². The van der Waals surface area contributed by atoms with E-state index in [4.69, 9.17) is 10.4 Å². The highest BCUT2D eigenvalue weighted by Gasteiger charge is 2.23. The predicted octanol–water partition coefficient (Wildman–Crippen LogP) is 1.28. The first-order chi connectivity index (χ1) is 8.26. The Balaban J connectivity index is 2.04. The summed E-state index contributed by atoms with van der Waals surface area (Å²) in [7, 11) is 0. The van der Waals surface area contributed by atoms with Gasteiger partial charge in [0.25, 0.3) is 0 Å². The number of carbonyl (C=O) groups excluding carboxylic acids is 1. The fourth-order valence-corrected chi connectivity index (χ4v) is 3.06. The molecule has 0 saturated heterocycles. The number of aliphatic hydroxyl groups is 1. The second kappa shape index (κ2) is 5.30. The Morgan fingerprint density at radius 1 is 1.65 bits per heavy atom. The van der Waals surface area contributed by atoms with Gasteiger partial charge in [-0.3, -0.25) is 4.79 Å². The van der Waals surface area contributed by atoms with Crippen LogP contribution in [0, 0.1) is 11.3 Å². The average molecular weight is 250 g/mol. The first kappa shape index (κ1) is 12.1. The molecule has 0 aliphatic carbocycles. The zero-order chi connectivity index (χ0) is 12.3. The smallest absolute Gasteiger partial charge is 0.222 e. The SMILES string of the molecule is N#Cc1csc2c1CCN(C(=O)CCCO)C2. The Bertz CT molecular complexity index is 462. The zero-order valence-electron chi connectivity index (χ0n) is 9.48. The number of fused-ring (bicyclic) bond motifs is 1. The molecule has 2 rings (SSSR count). The second-order valence-corrected chi connectivity index (χ2v) is 5.02. The van der Waals surface area contributed by atoms with E-state index in [9.17, 15) is 4.79 Å². The van der Waals surface area contributed by atoms with E-state index in [2.05, 4.69) is 6.07 Å². The van der Waals surface area contributed by atoms with E-state index in [1.807, 2.05) is 10.3 Å². The molecular weight excluding hydrogens is 236 g/mol. The Kier molecular flexibility index (Phi) is 3.77. The number of hydrogen-bond acceptors (Lipinski definition) is 4. The number of thiophene rings is 1. The van der Waals surface area contributed by atoms with Crippen molar-refractivity contribution in [2.24, 2.45) is 0 Å². The molecule has 17 heavy (non-hydrogen) atoms. The Morgan fingerprint density at radius 3 is 3.18 bits per heavy atom. The van der Waals surface area contributed by atoms with Crippen molar-refractivity contribution >= 4 is 17.2 Å². The number of rotatable bonds is 3. The monoisotopic (exact) mass is 250 g/mol. The zero-order valence-corrected chi connectivity index (χ0v) is 10.3. The fraction of sp³-hybridized carbons (Fsp3) is 0.500. The largest absolute Gasteiger partial charge is 0.396 e. The standard InChI is InChI=1S/C12H14N2O2S/c13-6-9-8-17-11-7-14(4-3-10(9)11)12(16)2-1-5-15/h8,15H,1-5,7H2. The van der Waals surface area contributed by atoms with Gasteiger partial charge in [0.05, 0.1) is 12.1 Å². The third-order valence-electron chi connectivity index (χ3n) is 2.97. The molecule has 1 aromatic rings. The van der Waals surface area contributed by atoms with Crippen molar-refractivity contribution < 1.29 is 9.90 Å². The minimum absolute atomic E-state index is 0.0579. The summed E-state index contributed by atoms with van der Waals surface area (Å²) >= 11 is 1.56. The van der Waals surface area contributed by atoms with Gasteiger partial charge in [-0.2, -0.15) is 5.26 Å². The molecule has 1 aliphatic heterocycles. The molecule has 0 bridgehead atoms. The lowest BCUT2D eigenvalue weighted by Gasteiger charge is -2.27. The van der Waals surface area contributed by atoms with Crippen molar-refractivity contribution in [1.82, 2.24) is 4.90 Å². The van der Waals surface area contributed by atoms with Gasteiger partial charge in [-0.15, -0.1) is 11.3 Å². The maximum atomic E-state index is 11.8. The molecule has 0 fully saturated rings. The van der Waals surface area contributed by atoms with Crippen LogP contribution in [0.1, 0.15) is 28.8 Å². The summed E-state index contributed by atoms with van der Waals surface area (Å²) in [6.07, 6.45) is 1.70. The van der Waals surface area contributed by atoms with Crippen LogP contribution in [0.2, 0.25) is 0 Å². The molecule has 1 N–H and O–H groups in total. The van der Waals surface area contributed by atoms with Crippen molar-refractivity contribution in [3.8, 4) is 6.07 Å². The quantitative estimate of drug-likeness (QED) is 0.878. The van der Waals surface area contributed by atoms with Gasteiger partial charge in [0.1, 0.15) is 6.07 Å². The normalized spacial score (nSPS) is 14.2. The Morgan fingerprint density at radius 2 is 2.47 bits per heavy atom. The van der Waals surface area contributed by atoms with E-state index < -0.39 is 0 Å². The van der Waals surface area contributed by atoms with Crippen LogP contribution in [0.4, 0.5) is 0 Å². The van der Waals surface area contributed by atoms with Crippen molar-refractivity contribution in [2.45, 2.75) is 25.8 Å². The van der Waals surface area contributed by atoms with E-state index in [0.717, 1.165) is 22.4 Å². The summed E-state index contributed by atoms with van der Waals surface area (Å²) in [6.45, 7) is 1.36. The molecule has 0 saturated carbocycles. The van der Waals surface area contributed by atoms with Crippen molar-refractivity contribution in [3.63, 3.8) is 0 Å². The van der Waals surface area contributed by atoms with Gasteiger partial charge in [-0.25, -0.2) is 0 Å². The van der Waals surface area contributed by atoms with Crippen LogP contribution in [0.25, 0.3) is 0 Å². The number of hydrogen-bond donors (Lipinski definition) is 1. The summed E-state index contributed by atoms with van der Waals surface area (Å²) < 4.78 is 0. The molecule has 0 atom stereocenters. The maximum absolute atomic E-state index is 11.8. The van der Waals surface area contributed by atoms with Crippen molar-refractivity contribution in [2.75, 3.05) is 13.2 Å². The van der Waals surface area contributed by atoms with E-state index >= 15 is 0 Å². The van der Waals surface area contributed by atoms with Crippen molar-refractivity contribution in [3.05, 3.63) is 21.4 Å². The van der Waals surface area contributed by atoms with Crippen LogP contribution in [-0.4, -0.2) is 29.1 Å².